The zero-order chi connectivity index (χ0) is 25.2. The number of nitrogens with two attached hydrogens (primary N) is 2. The fourth-order valence-electron chi connectivity index (χ4n) is 3.39. The molecule has 15 nitrogen and oxygen atoms in total. The lowest BCUT2D eigenvalue weighted by Gasteiger charge is -2.29. The number of aliphatic hydroxyl groups is 4. The predicted molar refractivity (Wildman–Crippen MR) is 122 cm³/mol. The van der Waals surface area contributed by atoms with Crippen LogP contribution in [0.5, 0.6) is 0 Å². The number of nitrogens with zero attached hydrogens (tertiary/aromatic N) is 4. The Hall–Kier alpha value is -3.66. The Labute approximate surface area is 192 Å². The topological polar surface area (TPSA) is 262 Å². The Morgan fingerprint density at radius 3 is 2.26 bits per heavy atom. The molecule has 0 saturated heterocycles. The van der Waals surface area contributed by atoms with E-state index in [9.17, 15) is 30.0 Å². The summed E-state index contributed by atoms with van der Waals surface area (Å²) >= 11 is 0. The molecule has 0 fully saturated rings. The smallest absolute Gasteiger partial charge is 0.280 e. The van der Waals surface area contributed by atoms with Crippen LogP contribution in [0, 0.1) is 5.92 Å². The number of nitrogens with one attached hydrogen (secondary N) is 3. The number of aromatic nitrogens is 6. The SMILES string of the molecule is C[C@@H](O)[C@H](O)C1CNc2nc(N)[nH]c(=O)c2C1.C[C@@H](O)[C@H](O)c1cnc2nc(N)[nH]c(=O)c2n1. The number of hydrogen-bond acceptors (Lipinski definition) is 13. The maximum Gasteiger partial charge on any atom is 0.280 e. The highest BCUT2D eigenvalue weighted by Gasteiger charge is 2.30. The molecular formula is C19H27N9O6. The van der Waals surface area contributed by atoms with E-state index in [0.717, 1.165) is 0 Å². The number of aromatic amines is 2. The number of fused-ring (bicyclic) bond motifs is 2. The maximum absolute atomic E-state index is 11.7. The quantitative estimate of drug-likeness (QED) is 0.187. The Morgan fingerprint density at radius 1 is 0.971 bits per heavy atom. The molecule has 0 bridgehead atoms. The number of rotatable bonds is 4. The molecule has 3 aromatic rings. The lowest BCUT2D eigenvalue weighted by atomic mass is 9.89. The first-order valence-corrected chi connectivity index (χ1v) is 10.3. The van der Waals surface area contributed by atoms with Crippen molar-refractivity contribution < 1.29 is 20.4 Å². The van der Waals surface area contributed by atoms with Gasteiger partial charge < -0.3 is 37.2 Å². The first-order valence-electron chi connectivity index (χ1n) is 10.3. The van der Waals surface area contributed by atoms with Gasteiger partial charge in [0.2, 0.25) is 11.9 Å². The highest BCUT2D eigenvalue weighted by Crippen LogP contribution is 2.23. The third-order valence-electron chi connectivity index (χ3n) is 5.22. The van der Waals surface area contributed by atoms with Gasteiger partial charge in [0.1, 0.15) is 11.9 Å². The van der Waals surface area contributed by atoms with E-state index in [-0.39, 0.29) is 40.2 Å². The maximum atomic E-state index is 11.7. The number of nitrogen functional groups attached to an aromatic ring is 2. The van der Waals surface area contributed by atoms with Crippen molar-refractivity contribution in [2.45, 2.75) is 44.7 Å². The molecule has 0 aliphatic carbocycles. The zero-order valence-electron chi connectivity index (χ0n) is 18.4. The molecule has 5 atom stereocenters. The monoisotopic (exact) mass is 477 g/mol. The molecule has 4 heterocycles. The zero-order valence-corrected chi connectivity index (χ0v) is 18.4. The summed E-state index contributed by atoms with van der Waals surface area (Å²) in [5.74, 6) is 0.255. The van der Waals surface area contributed by atoms with Gasteiger partial charge in [-0.25, -0.2) is 9.97 Å². The van der Waals surface area contributed by atoms with Crippen molar-refractivity contribution in [3.8, 4) is 0 Å². The van der Waals surface area contributed by atoms with E-state index in [2.05, 4.69) is 35.2 Å². The summed E-state index contributed by atoms with van der Waals surface area (Å²) in [7, 11) is 0. The highest BCUT2D eigenvalue weighted by atomic mass is 16.3. The molecular weight excluding hydrogens is 450 g/mol. The van der Waals surface area contributed by atoms with E-state index in [4.69, 9.17) is 11.5 Å². The summed E-state index contributed by atoms with van der Waals surface area (Å²) in [5.41, 5.74) is 10.6. The predicted octanol–water partition coefficient (Wildman–Crippen LogP) is -2.61. The Balaban J connectivity index is 0.000000191. The van der Waals surface area contributed by atoms with Crippen molar-refractivity contribution in [1.82, 2.24) is 29.9 Å². The van der Waals surface area contributed by atoms with Crippen molar-refractivity contribution in [3.63, 3.8) is 0 Å². The van der Waals surface area contributed by atoms with E-state index in [1.165, 1.54) is 20.0 Å². The molecule has 0 saturated carbocycles. The van der Waals surface area contributed by atoms with Crippen LogP contribution in [0.2, 0.25) is 0 Å². The van der Waals surface area contributed by atoms with Crippen LogP contribution in [-0.2, 0) is 6.42 Å². The molecule has 4 rings (SSSR count). The summed E-state index contributed by atoms with van der Waals surface area (Å²) in [6, 6.07) is 0. The van der Waals surface area contributed by atoms with Crippen LogP contribution >= 0.6 is 0 Å². The van der Waals surface area contributed by atoms with Crippen molar-refractivity contribution in [3.05, 3.63) is 38.2 Å². The van der Waals surface area contributed by atoms with E-state index < -0.39 is 30.0 Å². The van der Waals surface area contributed by atoms with Gasteiger partial charge in [-0.3, -0.25) is 19.6 Å². The summed E-state index contributed by atoms with van der Waals surface area (Å²) in [4.78, 5) is 43.4. The van der Waals surface area contributed by atoms with Crippen molar-refractivity contribution in [1.29, 1.82) is 0 Å². The highest BCUT2D eigenvalue weighted by molar-refractivity contribution is 5.69. The van der Waals surface area contributed by atoms with Crippen LogP contribution in [0.4, 0.5) is 17.7 Å². The lowest BCUT2D eigenvalue weighted by molar-refractivity contribution is -0.00446. The van der Waals surface area contributed by atoms with Crippen molar-refractivity contribution in [2.75, 3.05) is 23.3 Å². The molecule has 3 aromatic heterocycles. The molecule has 0 radical (unpaired) electrons. The average molecular weight is 477 g/mol. The molecule has 34 heavy (non-hydrogen) atoms. The number of anilines is 3. The fourth-order valence-corrected chi connectivity index (χ4v) is 3.39. The molecule has 0 amide bonds. The van der Waals surface area contributed by atoms with Crippen LogP contribution in [-0.4, -0.2) is 75.2 Å². The van der Waals surface area contributed by atoms with Gasteiger partial charge in [0.05, 0.1) is 35.8 Å². The second-order valence-corrected chi connectivity index (χ2v) is 7.96. The second kappa shape index (κ2) is 10.1. The van der Waals surface area contributed by atoms with E-state index >= 15 is 0 Å². The number of hydrogen-bond donors (Lipinski definition) is 9. The Kier molecular flexibility index (Phi) is 7.41. The summed E-state index contributed by atoms with van der Waals surface area (Å²) < 4.78 is 0. The molecule has 11 N–H and O–H groups in total. The van der Waals surface area contributed by atoms with Gasteiger partial charge in [-0.15, -0.1) is 0 Å². The molecule has 1 unspecified atom stereocenters. The molecule has 1 aliphatic rings. The fraction of sp³-hybridized carbons (Fsp3) is 0.474. The molecule has 0 aromatic carbocycles. The van der Waals surface area contributed by atoms with Gasteiger partial charge in [0.25, 0.3) is 11.1 Å². The summed E-state index contributed by atoms with van der Waals surface area (Å²) in [5, 5.41) is 40.9. The molecule has 0 spiro atoms. The summed E-state index contributed by atoms with van der Waals surface area (Å²) in [6.45, 7) is 3.38. The minimum absolute atomic E-state index is 0.0311. The third kappa shape index (κ3) is 5.45. The van der Waals surface area contributed by atoms with Gasteiger partial charge in [-0.2, -0.15) is 9.97 Å². The number of H-pyrrole nitrogens is 2. The van der Waals surface area contributed by atoms with E-state index in [1.807, 2.05) is 0 Å². The van der Waals surface area contributed by atoms with Gasteiger partial charge in [0, 0.05) is 12.5 Å². The van der Waals surface area contributed by atoms with E-state index in [0.29, 0.717) is 24.3 Å². The van der Waals surface area contributed by atoms with Crippen molar-refractivity contribution in [2.24, 2.45) is 5.92 Å². The van der Waals surface area contributed by atoms with Crippen LogP contribution in [0.3, 0.4) is 0 Å². The first-order chi connectivity index (χ1) is 16.0. The largest absolute Gasteiger partial charge is 0.391 e. The third-order valence-corrected chi connectivity index (χ3v) is 5.22. The van der Waals surface area contributed by atoms with Crippen LogP contribution in [0.1, 0.15) is 31.2 Å². The minimum Gasteiger partial charge on any atom is -0.391 e. The lowest BCUT2D eigenvalue weighted by Crippen LogP contribution is -2.41. The number of aliphatic hydroxyl groups excluding tert-OH is 4. The molecule has 15 heteroatoms. The van der Waals surface area contributed by atoms with Gasteiger partial charge in [-0.1, -0.05) is 0 Å². The minimum atomic E-state index is -1.20. The molecule has 1 aliphatic heterocycles. The standard InChI is InChI=1S/C10H16N4O3.C9H11N5O3/c1-4(15)7(16)5-2-6-8(12-3-5)13-10(11)14-9(6)17;1-3(15)6(16)4-2-11-7-5(12-4)8(17)14-9(10)13-7/h4-5,7,15-16H,2-3H2,1H3,(H4,11,12,13,14,17);2-3,6,15-16H,1H3,(H3,10,11,13,14,17)/t4-,5?,7+;3-,6+/m11/s1. The van der Waals surface area contributed by atoms with Crippen molar-refractivity contribution >= 4 is 28.9 Å². The average Bonchev–Trinajstić information content (AvgIpc) is 2.77. The first kappa shape index (κ1) is 25.0. The van der Waals surface area contributed by atoms with Gasteiger partial charge >= 0.3 is 0 Å². The van der Waals surface area contributed by atoms with E-state index in [1.54, 1.807) is 0 Å². The van der Waals surface area contributed by atoms with Gasteiger partial charge in [-0.05, 0) is 20.3 Å². The Morgan fingerprint density at radius 2 is 1.62 bits per heavy atom. The summed E-state index contributed by atoms with van der Waals surface area (Å²) in [6.07, 6.45) is -2.30. The van der Waals surface area contributed by atoms with Gasteiger partial charge in [0.15, 0.2) is 11.2 Å². The van der Waals surface area contributed by atoms with Crippen LogP contribution < -0.4 is 27.9 Å². The van der Waals surface area contributed by atoms with Crippen LogP contribution in [0.25, 0.3) is 11.2 Å². The van der Waals surface area contributed by atoms with Crippen LogP contribution in [0.15, 0.2) is 15.8 Å². The Bertz CT molecular complexity index is 1280. The normalized spacial score (nSPS) is 18.6. The molecule has 184 valence electrons. The second-order valence-electron chi connectivity index (χ2n) is 7.96.